The maximum Gasteiger partial charge on any atom is 0.263 e. The Hall–Kier alpha value is -2.38. The molecular weight excluding hydrogens is 412 g/mol. The lowest BCUT2D eigenvalue weighted by Crippen LogP contribution is -2.49. The van der Waals surface area contributed by atoms with E-state index in [2.05, 4.69) is 18.6 Å². The second kappa shape index (κ2) is 9.83. The average molecular weight is 445 g/mol. The van der Waals surface area contributed by atoms with E-state index >= 15 is 0 Å². The number of carbonyl (C=O) groups excluding carboxylic acids is 1. The summed E-state index contributed by atoms with van der Waals surface area (Å²) in [6.07, 6.45) is 0.560. The molecule has 1 amide bonds. The van der Waals surface area contributed by atoms with Gasteiger partial charge in [-0.25, -0.2) is 13.1 Å². The highest BCUT2D eigenvalue weighted by molar-refractivity contribution is 7.89. The molecule has 1 unspecified atom stereocenters. The molecule has 1 aliphatic heterocycles. The Balaban J connectivity index is 1.51. The summed E-state index contributed by atoms with van der Waals surface area (Å²) in [5, 5.41) is 0. The average Bonchev–Trinajstić information content (AvgIpc) is 2.74. The summed E-state index contributed by atoms with van der Waals surface area (Å²) in [5.74, 6) is 1.04. The molecule has 3 rings (SSSR count). The molecule has 31 heavy (non-hydrogen) atoms. The number of nitrogens with zero attached hydrogens (tertiary/aromatic N) is 1. The number of likely N-dealkylation sites (tertiary alicyclic amines) is 1. The standard InChI is InChI=1S/C24H32N2O4S/c1-17(2)20-7-9-22(10-8-20)30-19(4)24(27)26-15-13-21(14-16-26)25-31(28,29)23-11-5-18(3)6-12-23/h5-12,17,19,21,25H,13-16H2,1-4H3. The maximum absolute atomic E-state index is 12.8. The lowest BCUT2D eigenvalue weighted by Gasteiger charge is -2.33. The van der Waals surface area contributed by atoms with Crippen molar-refractivity contribution in [2.75, 3.05) is 13.1 Å². The van der Waals surface area contributed by atoms with Crippen molar-refractivity contribution in [3.8, 4) is 5.75 Å². The van der Waals surface area contributed by atoms with E-state index < -0.39 is 16.1 Å². The fraction of sp³-hybridized carbons (Fsp3) is 0.458. The highest BCUT2D eigenvalue weighted by Crippen LogP contribution is 2.21. The summed E-state index contributed by atoms with van der Waals surface area (Å²) < 4.78 is 33.8. The topological polar surface area (TPSA) is 75.7 Å². The van der Waals surface area contributed by atoms with Gasteiger partial charge in [-0.3, -0.25) is 4.79 Å². The predicted molar refractivity (Wildman–Crippen MR) is 122 cm³/mol. The van der Waals surface area contributed by atoms with Crippen LogP contribution in [0, 0.1) is 6.92 Å². The van der Waals surface area contributed by atoms with Gasteiger partial charge in [-0.2, -0.15) is 0 Å². The van der Waals surface area contributed by atoms with Crippen molar-refractivity contribution in [2.45, 2.75) is 63.5 Å². The van der Waals surface area contributed by atoms with Gasteiger partial charge in [0, 0.05) is 19.1 Å². The van der Waals surface area contributed by atoms with E-state index in [0.717, 1.165) is 5.56 Å². The van der Waals surface area contributed by atoms with Gasteiger partial charge in [-0.05, 0) is 62.4 Å². The number of sulfonamides is 1. The number of amides is 1. The summed E-state index contributed by atoms with van der Waals surface area (Å²) in [6, 6.07) is 14.4. The Labute approximate surface area is 185 Å². The van der Waals surface area contributed by atoms with Crippen LogP contribution in [0.2, 0.25) is 0 Å². The Bertz CT molecular complexity index is 977. The van der Waals surface area contributed by atoms with Crippen LogP contribution in [0.15, 0.2) is 53.4 Å². The molecule has 1 saturated heterocycles. The summed E-state index contributed by atoms with van der Waals surface area (Å²) in [6.45, 7) is 8.94. The third kappa shape index (κ3) is 6.08. The Morgan fingerprint density at radius 3 is 2.13 bits per heavy atom. The van der Waals surface area contributed by atoms with E-state index in [4.69, 9.17) is 4.74 Å². The zero-order valence-electron chi connectivity index (χ0n) is 18.7. The van der Waals surface area contributed by atoms with Crippen molar-refractivity contribution in [1.82, 2.24) is 9.62 Å². The molecule has 0 aliphatic carbocycles. The number of ether oxygens (including phenoxy) is 1. The molecule has 0 radical (unpaired) electrons. The van der Waals surface area contributed by atoms with E-state index in [1.54, 1.807) is 36.1 Å². The van der Waals surface area contributed by atoms with Crippen LogP contribution in [-0.2, 0) is 14.8 Å². The molecule has 1 atom stereocenters. The number of hydrogen-bond acceptors (Lipinski definition) is 4. The number of carbonyl (C=O) groups is 1. The zero-order chi connectivity index (χ0) is 22.6. The van der Waals surface area contributed by atoms with E-state index in [1.807, 2.05) is 31.2 Å². The minimum atomic E-state index is -3.56. The van der Waals surface area contributed by atoms with Gasteiger partial charge in [0.25, 0.3) is 5.91 Å². The molecule has 1 fully saturated rings. The minimum absolute atomic E-state index is 0.0761. The second-order valence-electron chi connectivity index (χ2n) is 8.52. The Morgan fingerprint density at radius 2 is 1.58 bits per heavy atom. The van der Waals surface area contributed by atoms with Gasteiger partial charge in [0.1, 0.15) is 5.75 Å². The van der Waals surface area contributed by atoms with Crippen molar-refractivity contribution in [3.63, 3.8) is 0 Å². The van der Waals surface area contributed by atoms with Crippen molar-refractivity contribution < 1.29 is 17.9 Å². The second-order valence-corrected chi connectivity index (χ2v) is 10.2. The molecule has 0 bridgehead atoms. The fourth-order valence-corrected chi connectivity index (χ4v) is 4.97. The van der Waals surface area contributed by atoms with Crippen LogP contribution in [0.3, 0.4) is 0 Å². The SMILES string of the molecule is Cc1ccc(S(=O)(=O)NC2CCN(C(=O)C(C)Oc3ccc(C(C)C)cc3)CC2)cc1. The van der Waals surface area contributed by atoms with Gasteiger partial charge < -0.3 is 9.64 Å². The first-order valence-corrected chi connectivity index (χ1v) is 12.3. The maximum atomic E-state index is 12.8. The highest BCUT2D eigenvalue weighted by Gasteiger charge is 2.29. The Morgan fingerprint density at radius 1 is 1.00 bits per heavy atom. The first kappa shape index (κ1) is 23.3. The Kier molecular flexibility index (Phi) is 7.38. The lowest BCUT2D eigenvalue weighted by molar-refractivity contribution is -0.139. The van der Waals surface area contributed by atoms with Crippen LogP contribution in [0.1, 0.15) is 50.7 Å². The first-order valence-electron chi connectivity index (χ1n) is 10.8. The summed E-state index contributed by atoms with van der Waals surface area (Å²) in [7, 11) is -3.56. The van der Waals surface area contributed by atoms with Gasteiger partial charge in [-0.1, -0.05) is 43.7 Å². The molecular formula is C24H32N2O4S. The molecule has 0 aromatic heterocycles. The first-order chi connectivity index (χ1) is 14.7. The van der Waals surface area contributed by atoms with Crippen molar-refractivity contribution in [1.29, 1.82) is 0 Å². The van der Waals surface area contributed by atoms with E-state index in [1.165, 1.54) is 5.56 Å². The molecule has 2 aromatic rings. The van der Waals surface area contributed by atoms with E-state index in [0.29, 0.717) is 37.6 Å². The molecule has 168 valence electrons. The zero-order valence-corrected chi connectivity index (χ0v) is 19.5. The summed E-state index contributed by atoms with van der Waals surface area (Å²) in [5.41, 5.74) is 2.24. The van der Waals surface area contributed by atoms with Gasteiger partial charge in [0.05, 0.1) is 4.90 Å². The van der Waals surface area contributed by atoms with Crippen molar-refractivity contribution in [2.24, 2.45) is 0 Å². The molecule has 0 saturated carbocycles. The highest BCUT2D eigenvalue weighted by atomic mass is 32.2. The quantitative estimate of drug-likeness (QED) is 0.704. The van der Waals surface area contributed by atoms with Crippen LogP contribution in [0.4, 0.5) is 0 Å². The third-order valence-corrected chi connectivity index (χ3v) is 7.20. The normalized spacial score (nSPS) is 16.4. The number of nitrogens with one attached hydrogen (secondary N) is 1. The number of piperidine rings is 1. The fourth-order valence-electron chi connectivity index (χ4n) is 3.67. The lowest BCUT2D eigenvalue weighted by atomic mass is 10.0. The van der Waals surface area contributed by atoms with Gasteiger partial charge in [0.15, 0.2) is 6.10 Å². The number of rotatable bonds is 7. The van der Waals surface area contributed by atoms with E-state index in [-0.39, 0.29) is 16.8 Å². The van der Waals surface area contributed by atoms with Crippen LogP contribution in [-0.4, -0.2) is 44.5 Å². The van der Waals surface area contributed by atoms with Gasteiger partial charge in [-0.15, -0.1) is 0 Å². The van der Waals surface area contributed by atoms with Crippen LogP contribution in [0.5, 0.6) is 5.75 Å². The largest absolute Gasteiger partial charge is 0.481 e. The molecule has 2 aromatic carbocycles. The molecule has 0 spiro atoms. The van der Waals surface area contributed by atoms with Gasteiger partial charge >= 0.3 is 0 Å². The van der Waals surface area contributed by atoms with Crippen molar-refractivity contribution >= 4 is 15.9 Å². The van der Waals surface area contributed by atoms with Crippen LogP contribution >= 0.6 is 0 Å². The smallest absolute Gasteiger partial charge is 0.263 e. The third-order valence-electron chi connectivity index (χ3n) is 5.67. The van der Waals surface area contributed by atoms with Crippen LogP contribution < -0.4 is 9.46 Å². The van der Waals surface area contributed by atoms with Gasteiger partial charge in [0.2, 0.25) is 10.0 Å². The molecule has 7 heteroatoms. The molecule has 6 nitrogen and oxygen atoms in total. The van der Waals surface area contributed by atoms with Crippen LogP contribution in [0.25, 0.3) is 0 Å². The summed E-state index contributed by atoms with van der Waals surface area (Å²) >= 11 is 0. The monoisotopic (exact) mass is 444 g/mol. The number of hydrogen-bond donors (Lipinski definition) is 1. The van der Waals surface area contributed by atoms with E-state index in [9.17, 15) is 13.2 Å². The number of aryl methyl sites for hydroxylation is 1. The minimum Gasteiger partial charge on any atom is -0.481 e. The summed E-state index contributed by atoms with van der Waals surface area (Å²) in [4.78, 5) is 14.8. The molecule has 1 N–H and O–H groups in total. The predicted octanol–water partition coefficient (Wildman–Crippen LogP) is 3.86. The number of benzene rings is 2. The van der Waals surface area contributed by atoms with Crippen molar-refractivity contribution in [3.05, 3.63) is 59.7 Å². The molecule has 1 heterocycles. The molecule has 1 aliphatic rings.